The minimum absolute atomic E-state index is 0.265. The maximum absolute atomic E-state index is 12.6. The molecule has 1 saturated carbocycles. The molecule has 0 amide bonds. The fourth-order valence-corrected chi connectivity index (χ4v) is 4.62. The molecular formula is C18H34N2O2. The lowest BCUT2D eigenvalue weighted by atomic mass is 9.76. The monoisotopic (exact) mass is 310 g/mol. The van der Waals surface area contributed by atoms with Crippen molar-refractivity contribution in [3.05, 3.63) is 0 Å². The summed E-state index contributed by atoms with van der Waals surface area (Å²) in [6.07, 6.45) is 7.47. The lowest BCUT2D eigenvalue weighted by molar-refractivity contribution is -0.733. The highest BCUT2D eigenvalue weighted by Gasteiger charge is 2.31. The van der Waals surface area contributed by atoms with Crippen LogP contribution in [0.1, 0.15) is 45.4 Å². The Morgan fingerprint density at radius 1 is 1.09 bits per heavy atom. The van der Waals surface area contributed by atoms with Crippen molar-refractivity contribution in [1.29, 1.82) is 0 Å². The Bertz CT molecular complexity index is 325. The molecule has 4 nitrogen and oxygen atoms in total. The molecule has 3 aliphatic rings. The fourth-order valence-electron chi connectivity index (χ4n) is 4.62. The van der Waals surface area contributed by atoms with Crippen LogP contribution < -0.4 is 10.4 Å². The summed E-state index contributed by atoms with van der Waals surface area (Å²) in [5.41, 5.74) is 0. The number of rotatable bonds is 4. The van der Waals surface area contributed by atoms with Gasteiger partial charge in [-0.25, -0.2) is 0 Å². The number of piperidine rings is 1. The average molecular weight is 310 g/mol. The highest BCUT2D eigenvalue weighted by atomic mass is 16.5. The van der Waals surface area contributed by atoms with Gasteiger partial charge in [-0.1, -0.05) is 45.1 Å². The van der Waals surface area contributed by atoms with Gasteiger partial charge in [-0.3, -0.25) is 4.90 Å². The van der Waals surface area contributed by atoms with Crippen molar-refractivity contribution in [2.75, 3.05) is 39.4 Å². The summed E-state index contributed by atoms with van der Waals surface area (Å²) in [7, 11) is 0. The van der Waals surface area contributed by atoms with Crippen LogP contribution in [0.5, 0.6) is 0 Å². The number of morpholine rings is 1. The third-order valence-electron chi connectivity index (χ3n) is 6.19. The van der Waals surface area contributed by atoms with Gasteiger partial charge in [-0.15, -0.1) is 0 Å². The Labute approximate surface area is 135 Å². The third-order valence-corrected chi connectivity index (χ3v) is 6.19. The molecule has 0 aromatic rings. The van der Waals surface area contributed by atoms with Crippen LogP contribution in [0.2, 0.25) is 0 Å². The van der Waals surface area contributed by atoms with E-state index >= 15 is 0 Å². The van der Waals surface area contributed by atoms with E-state index in [2.05, 4.69) is 17.1 Å². The van der Waals surface area contributed by atoms with E-state index in [0.29, 0.717) is 5.92 Å². The molecule has 0 aromatic carbocycles. The van der Waals surface area contributed by atoms with Gasteiger partial charge in [-0.05, 0) is 18.3 Å². The first-order valence-corrected chi connectivity index (χ1v) is 9.50. The van der Waals surface area contributed by atoms with Crippen LogP contribution >= 0.6 is 0 Å². The number of nitrogens with two attached hydrogens (primary N) is 1. The second-order valence-electron chi connectivity index (χ2n) is 8.05. The highest BCUT2D eigenvalue weighted by molar-refractivity contribution is 4.80. The maximum Gasteiger partial charge on any atom is 0.0862 e. The Kier molecular flexibility index (Phi) is 6.14. The Morgan fingerprint density at radius 3 is 2.50 bits per heavy atom. The first kappa shape index (κ1) is 16.7. The van der Waals surface area contributed by atoms with E-state index in [-0.39, 0.29) is 12.1 Å². The van der Waals surface area contributed by atoms with E-state index in [4.69, 9.17) is 4.74 Å². The normalized spacial score (nSPS) is 41.5. The summed E-state index contributed by atoms with van der Waals surface area (Å²) in [5.74, 6) is 2.50. The molecule has 1 aliphatic carbocycles. The van der Waals surface area contributed by atoms with E-state index in [1.165, 1.54) is 38.6 Å². The summed E-state index contributed by atoms with van der Waals surface area (Å²) in [4.78, 5) is 2.42. The molecule has 4 heteroatoms. The molecule has 0 aromatic heterocycles. The SMILES string of the molecule is CC1CCC(CC2C[NH2+]C(CN3CCOCC3)C([O-])C2)CC1. The van der Waals surface area contributed by atoms with Gasteiger partial charge in [0.1, 0.15) is 0 Å². The smallest absolute Gasteiger partial charge is 0.0862 e. The van der Waals surface area contributed by atoms with E-state index < -0.39 is 0 Å². The molecule has 3 unspecified atom stereocenters. The zero-order valence-electron chi connectivity index (χ0n) is 14.2. The molecular weight excluding hydrogens is 276 g/mol. The van der Waals surface area contributed by atoms with Crippen molar-refractivity contribution < 1.29 is 15.2 Å². The maximum atomic E-state index is 12.6. The van der Waals surface area contributed by atoms with Crippen LogP contribution in [0.25, 0.3) is 0 Å². The lowest BCUT2D eigenvalue weighted by Gasteiger charge is -2.42. The summed E-state index contributed by atoms with van der Waals surface area (Å²) >= 11 is 0. The minimum Gasteiger partial charge on any atom is -0.848 e. The van der Waals surface area contributed by atoms with Crippen molar-refractivity contribution in [1.82, 2.24) is 4.90 Å². The van der Waals surface area contributed by atoms with Crippen molar-refractivity contribution in [2.24, 2.45) is 17.8 Å². The van der Waals surface area contributed by atoms with Crippen molar-refractivity contribution in [3.63, 3.8) is 0 Å². The van der Waals surface area contributed by atoms with Gasteiger partial charge in [-0.2, -0.15) is 0 Å². The molecule has 22 heavy (non-hydrogen) atoms. The Hall–Kier alpha value is -0.160. The molecule has 3 rings (SSSR count). The molecule has 2 aliphatic heterocycles. The first-order chi connectivity index (χ1) is 10.7. The van der Waals surface area contributed by atoms with Crippen LogP contribution in [0.4, 0.5) is 0 Å². The molecule has 0 spiro atoms. The van der Waals surface area contributed by atoms with Gasteiger partial charge in [0.2, 0.25) is 0 Å². The van der Waals surface area contributed by atoms with Gasteiger partial charge < -0.3 is 15.2 Å². The van der Waals surface area contributed by atoms with Crippen LogP contribution in [0.15, 0.2) is 0 Å². The third kappa shape index (κ3) is 4.67. The van der Waals surface area contributed by atoms with E-state index in [0.717, 1.165) is 51.1 Å². The molecule has 2 saturated heterocycles. The van der Waals surface area contributed by atoms with E-state index in [9.17, 15) is 5.11 Å². The summed E-state index contributed by atoms with van der Waals surface area (Å²) in [6.45, 7) is 8.19. The van der Waals surface area contributed by atoms with Gasteiger partial charge >= 0.3 is 0 Å². The van der Waals surface area contributed by atoms with Gasteiger partial charge in [0.15, 0.2) is 0 Å². The standard InChI is InChI=1S/C18H33N2O2/c1-14-2-4-15(5-3-14)10-16-11-18(21)17(19-12-16)13-20-6-8-22-9-7-20/h14-19H,2-13H2,1H3/q-1/p+1. The van der Waals surface area contributed by atoms with Gasteiger partial charge in [0.05, 0.1) is 25.8 Å². The Balaban J connectivity index is 1.39. The molecule has 0 radical (unpaired) electrons. The number of ether oxygens (including phenoxy) is 1. The predicted molar refractivity (Wildman–Crippen MR) is 85.5 cm³/mol. The second kappa shape index (κ2) is 8.09. The topological polar surface area (TPSA) is 52.1 Å². The van der Waals surface area contributed by atoms with Crippen LogP contribution in [-0.4, -0.2) is 56.4 Å². The zero-order chi connectivity index (χ0) is 15.4. The summed E-state index contributed by atoms with van der Waals surface area (Å²) in [5, 5.41) is 14.9. The second-order valence-corrected chi connectivity index (χ2v) is 8.05. The summed E-state index contributed by atoms with van der Waals surface area (Å²) in [6, 6.07) is 0.265. The van der Waals surface area contributed by atoms with E-state index in [1.54, 1.807) is 0 Å². The Morgan fingerprint density at radius 2 is 1.82 bits per heavy atom. The van der Waals surface area contributed by atoms with Gasteiger partial charge in [0.25, 0.3) is 0 Å². The van der Waals surface area contributed by atoms with Crippen molar-refractivity contribution in [3.8, 4) is 0 Å². The first-order valence-electron chi connectivity index (χ1n) is 9.50. The van der Waals surface area contributed by atoms with Crippen molar-refractivity contribution >= 4 is 0 Å². The largest absolute Gasteiger partial charge is 0.848 e. The molecule has 3 fully saturated rings. The predicted octanol–water partition coefficient (Wildman–Crippen LogP) is 0.216. The van der Waals surface area contributed by atoms with Crippen molar-refractivity contribution in [2.45, 2.75) is 57.6 Å². The van der Waals surface area contributed by atoms with Crippen LogP contribution in [0.3, 0.4) is 0 Å². The molecule has 0 bridgehead atoms. The number of quaternary nitrogens is 1. The molecule has 2 N–H and O–H groups in total. The minimum atomic E-state index is -0.371. The average Bonchev–Trinajstić information content (AvgIpc) is 2.53. The van der Waals surface area contributed by atoms with E-state index in [1.807, 2.05) is 0 Å². The molecule has 2 heterocycles. The van der Waals surface area contributed by atoms with Crippen LogP contribution in [-0.2, 0) is 4.74 Å². The zero-order valence-corrected chi connectivity index (χ0v) is 14.2. The quantitative estimate of drug-likeness (QED) is 0.808. The number of nitrogens with zero attached hydrogens (tertiary/aromatic N) is 1. The molecule has 128 valence electrons. The summed E-state index contributed by atoms with van der Waals surface area (Å²) < 4.78 is 5.39. The fraction of sp³-hybridized carbons (Fsp3) is 1.00. The number of hydrogen-bond donors (Lipinski definition) is 1. The number of hydrogen-bond acceptors (Lipinski definition) is 3. The van der Waals surface area contributed by atoms with Gasteiger partial charge in [0, 0.05) is 25.6 Å². The van der Waals surface area contributed by atoms with Crippen LogP contribution in [0, 0.1) is 17.8 Å². The highest BCUT2D eigenvalue weighted by Crippen LogP contribution is 2.33. The lowest BCUT2D eigenvalue weighted by Crippen LogP contribution is -2.98. The molecule has 3 atom stereocenters.